The van der Waals surface area contributed by atoms with Crippen LogP contribution < -0.4 is 5.32 Å². The third kappa shape index (κ3) is 4.21. The van der Waals surface area contributed by atoms with Crippen molar-refractivity contribution in [1.82, 2.24) is 10.2 Å². The highest BCUT2D eigenvalue weighted by Gasteiger charge is 2.18. The Morgan fingerprint density at radius 1 is 0.941 bits per heavy atom. The summed E-state index contributed by atoms with van der Waals surface area (Å²) < 4.78 is 0. The first-order valence-corrected chi connectivity index (χ1v) is 7.39. The predicted octanol–water partition coefficient (Wildman–Crippen LogP) is 3.15. The van der Waals surface area contributed by atoms with Crippen LogP contribution in [0.4, 0.5) is 4.79 Å². The normalized spacial score (nSPS) is 23.2. The van der Waals surface area contributed by atoms with Gasteiger partial charge in [0.15, 0.2) is 0 Å². The summed E-state index contributed by atoms with van der Waals surface area (Å²) >= 11 is 0. The summed E-state index contributed by atoms with van der Waals surface area (Å²) in [6, 6.07) is 0.175. The van der Waals surface area contributed by atoms with Gasteiger partial charge in [0, 0.05) is 19.6 Å². The summed E-state index contributed by atoms with van der Waals surface area (Å²) in [6.45, 7) is 2.81. The molecule has 0 aromatic heterocycles. The van der Waals surface area contributed by atoms with Crippen LogP contribution in [0.5, 0.6) is 0 Å². The van der Waals surface area contributed by atoms with Crippen molar-refractivity contribution in [2.45, 2.75) is 57.8 Å². The topological polar surface area (TPSA) is 32.3 Å². The summed E-state index contributed by atoms with van der Waals surface area (Å²) in [6.07, 6.45) is 11.7. The maximum Gasteiger partial charge on any atom is 0.317 e. The van der Waals surface area contributed by atoms with E-state index in [4.69, 9.17) is 0 Å². The van der Waals surface area contributed by atoms with Gasteiger partial charge in [-0.05, 0) is 38.0 Å². The van der Waals surface area contributed by atoms with E-state index in [0.717, 1.165) is 25.6 Å². The number of hydrogen-bond acceptors (Lipinski definition) is 1. The van der Waals surface area contributed by atoms with Crippen LogP contribution in [0.25, 0.3) is 0 Å². The minimum Gasteiger partial charge on any atom is -0.338 e. The minimum absolute atomic E-state index is 0.175. The van der Waals surface area contributed by atoms with E-state index in [1.54, 1.807) is 0 Å². The molecule has 1 saturated heterocycles. The third-order valence-corrected chi connectivity index (χ3v) is 4.16. The number of rotatable bonds is 2. The van der Waals surface area contributed by atoms with E-state index in [0.29, 0.717) is 0 Å². The SMILES string of the molecule is O=C(NCC1CCCCCC1)N1CCCCC1. The van der Waals surface area contributed by atoms with Crippen LogP contribution >= 0.6 is 0 Å². The monoisotopic (exact) mass is 238 g/mol. The van der Waals surface area contributed by atoms with Crippen LogP contribution in [0.15, 0.2) is 0 Å². The average molecular weight is 238 g/mol. The maximum absolute atomic E-state index is 11.9. The highest BCUT2D eigenvalue weighted by atomic mass is 16.2. The Morgan fingerprint density at radius 2 is 1.53 bits per heavy atom. The molecule has 2 fully saturated rings. The van der Waals surface area contributed by atoms with Gasteiger partial charge >= 0.3 is 6.03 Å². The van der Waals surface area contributed by atoms with Crippen molar-refractivity contribution in [2.24, 2.45) is 5.92 Å². The smallest absolute Gasteiger partial charge is 0.317 e. The summed E-state index contributed by atoms with van der Waals surface area (Å²) in [5.74, 6) is 0.728. The molecule has 0 atom stereocenters. The second-order valence-corrected chi connectivity index (χ2v) is 5.59. The van der Waals surface area contributed by atoms with Crippen molar-refractivity contribution in [1.29, 1.82) is 0 Å². The maximum atomic E-state index is 11.9. The molecule has 1 aliphatic carbocycles. The highest BCUT2D eigenvalue weighted by molar-refractivity contribution is 5.74. The number of carbonyl (C=O) groups is 1. The molecule has 1 N–H and O–H groups in total. The van der Waals surface area contributed by atoms with E-state index in [1.807, 2.05) is 4.90 Å². The molecule has 3 heteroatoms. The summed E-state index contributed by atoms with van der Waals surface area (Å²) in [5, 5.41) is 3.14. The first-order chi connectivity index (χ1) is 8.36. The number of amides is 2. The highest BCUT2D eigenvalue weighted by Crippen LogP contribution is 2.22. The van der Waals surface area contributed by atoms with E-state index in [9.17, 15) is 4.79 Å². The van der Waals surface area contributed by atoms with Crippen LogP contribution in [-0.2, 0) is 0 Å². The summed E-state index contributed by atoms with van der Waals surface area (Å²) in [5.41, 5.74) is 0. The standard InChI is InChI=1S/C14H26N2O/c17-14(16-10-6-3-7-11-16)15-12-13-8-4-1-2-5-9-13/h13H,1-12H2,(H,15,17). The van der Waals surface area contributed by atoms with E-state index in [1.165, 1.54) is 57.8 Å². The van der Waals surface area contributed by atoms with Gasteiger partial charge < -0.3 is 10.2 Å². The largest absolute Gasteiger partial charge is 0.338 e. The molecule has 0 unspecified atom stereocenters. The molecule has 17 heavy (non-hydrogen) atoms. The van der Waals surface area contributed by atoms with Gasteiger partial charge in [0.1, 0.15) is 0 Å². The van der Waals surface area contributed by atoms with Crippen LogP contribution in [-0.4, -0.2) is 30.6 Å². The van der Waals surface area contributed by atoms with Crippen LogP contribution in [0.1, 0.15) is 57.8 Å². The van der Waals surface area contributed by atoms with Gasteiger partial charge in [-0.1, -0.05) is 25.7 Å². The second kappa shape index (κ2) is 6.87. The molecule has 0 spiro atoms. The third-order valence-electron chi connectivity index (χ3n) is 4.16. The average Bonchev–Trinajstić information content (AvgIpc) is 2.65. The van der Waals surface area contributed by atoms with Crippen LogP contribution in [0.3, 0.4) is 0 Å². The summed E-state index contributed by atoms with van der Waals surface area (Å²) in [7, 11) is 0. The molecule has 2 rings (SSSR count). The number of urea groups is 1. The van der Waals surface area contributed by atoms with Gasteiger partial charge in [-0.3, -0.25) is 0 Å². The zero-order valence-electron chi connectivity index (χ0n) is 10.9. The fourth-order valence-electron chi connectivity index (χ4n) is 3.01. The van der Waals surface area contributed by atoms with Crippen LogP contribution in [0, 0.1) is 5.92 Å². The van der Waals surface area contributed by atoms with E-state index in [2.05, 4.69) is 5.32 Å². The zero-order valence-corrected chi connectivity index (χ0v) is 10.9. The van der Waals surface area contributed by atoms with Crippen molar-refractivity contribution in [3.63, 3.8) is 0 Å². The van der Waals surface area contributed by atoms with E-state index >= 15 is 0 Å². The molecule has 3 nitrogen and oxygen atoms in total. The van der Waals surface area contributed by atoms with Crippen LogP contribution in [0.2, 0.25) is 0 Å². The molecule has 0 aromatic carbocycles. The van der Waals surface area contributed by atoms with Crippen molar-refractivity contribution in [3.8, 4) is 0 Å². The molecule has 2 amide bonds. The molecular formula is C14H26N2O. The van der Waals surface area contributed by atoms with Crippen molar-refractivity contribution >= 4 is 6.03 Å². The number of likely N-dealkylation sites (tertiary alicyclic amines) is 1. The predicted molar refractivity (Wildman–Crippen MR) is 70.0 cm³/mol. The van der Waals surface area contributed by atoms with E-state index in [-0.39, 0.29) is 6.03 Å². The van der Waals surface area contributed by atoms with Crippen molar-refractivity contribution < 1.29 is 4.79 Å². The molecule has 0 radical (unpaired) electrons. The Hall–Kier alpha value is -0.730. The minimum atomic E-state index is 0.175. The summed E-state index contributed by atoms with van der Waals surface area (Å²) in [4.78, 5) is 13.9. The fourth-order valence-corrected chi connectivity index (χ4v) is 3.01. The Labute approximate surface area is 105 Å². The number of carbonyl (C=O) groups excluding carboxylic acids is 1. The van der Waals surface area contributed by atoms with Gasteiger partial charge in [-0.2, -0.15) is 0 Å². The van der Waals surface area contributed by atoms with Gasteiger partial charge in [0.05, 0.1) is 0 Å². The molecule has 0 aromatic rings. The van der Waals surface area contributed by atoms with Crippen molar-refractivity contribution in [2.75, 3.05) is 19.6 Å². The molecule has 1 aliphatic heterocycles. The molecule has 2 aliphatic rings. The molecule has 0 bridgehead atoms. The quantitative estimate of drug-likeness (QED) is 0.736. The van der Waals surface area contributed by atoms with Gasteiger partial charge in [-0.15, -0.1) is 0 Å². The number of piperidine rings is 1. The molecule has 1 saturated carbocycles. The second-order valence-electron chi connectivity index (χ2n) is 5.59. The zero-order chi connectivity index (χ0) is 11.9. The Kier molecular flexibility index (Phi) is 5.14. The number of nitrogens with zero attached hydrogens (tertiary/aromatic N) is 1. The lowest BCUT2D eigenvalue weighted by atomic mass is 10.0. The first-order valence-electron chi connectivity index (χ1n) is 7.39. The van der Waals surface area contributed by atoms with Gasteiger partial charge in [-0.25, -0.2) is 4.79 Å². The van der Waals surface area contributed by atoms with Gasteiger partial charge in [0.25, 0.3) is 0 Å². The lowest BCUT2D eigenvalue weighted by molar-refractivity contribution is 0.184. The Balaban J connectivity index is 1.67. The Morgan fingerprint density at radius 3 is 2.18 bits per heavy atom. The van der Waals surface area contributed by atoms with Gasteiger partial charge in [0.2, 0.25) is 0 Å². The van der Waals surface area contributed by atoms with Crippen molar-refractivity contribution in [3.05, 3.63) is 0 Å². The molecular weight excluding hydrogens is 212 g/mol. The lowest BCUT2D eigenvalue weighted by Gasteiger charge is -2.27. The molecule has 1 heterocycles. The Bertz CT molecular complexity index is 228. The lowest BCUT2D eigenvalue weighted by Crippen LogP contribution is -2.44. The number of nitrogens with one attached hydrogen (secondary N) is 1. The first kappa shape index (κ1) is 12.7. The van der Waals surface area contributed by atoms with E-state index < -0.39 is 0 Å². The fraction of sp³-hybridized carbons (Fsp3) is 0.929. The number of hydrogen-bond donors (Lipinski definition) is 1. The molecule has 98 valence electrons.